The lowest BCUT2D eigenvalue weighted by Gasteiger charge is -2.71. The van der Waals surface area contributed by atoms with Crippen LogP contribution in [0.4, 0.5) is 0 Å². The average Bonchev–Trinajstić information content (AvgIpc) is 3.52. The fourth-order valence-corrected chi connectivity index (χ4v) is 16.2. The molecule has 9 rings (SSSR count). The number of rotatable bonds is 11. The largest absolute Gasteiger partial charge is 0.481 e. The van der Waals surface area contributed by atoms with Crippen LogP contribution in [0.3, 0.4) is 0 Å². The van der Waals surface area contributed by atoms with Crippen molar-refractivity contribution in [1.82, 2.24) is 0 Å². The van der Waals surface area contributed by atoms with E-state index in [1.165, 1.54) is 13.8 Å². The van der Waals surface area contributed by atoms with Crippen LogP contribution in [0.15, 0.2) is 11.6 Å². The maximum Gasteiger partial charge on any atom is 0.315 e. The number of carbonyl (C=O) groups is 2. The van der Waals surface area contributed by atoms with Crippen molar-refractivity contribution in [3.05, 3.63) is 11.6 Å². The summed E-state index contributed by atoms with van der Waals surface area (Å²) in [5.74, 6) is -3.06. The Morgan fingerprint density at radius 3 is 1.83 bits per heavy atom. The van der Waals surface area contributed by atoms with Gasteiger partial charge >= 0.3 is 11.9 Å². The number of aliphatic carboxylic acids is 1. The predicted molar refractivity (Wildman–Crippen MR) is 259 cm³/mol. The summed E-state index contributed by atoms with van der Waals surface area (Å²) >= 11 is 0. The number of carboxylic acids is 1. The van der Waals surface area contributed by atoms with Crippen LogP contribution in [0.2, 0.25) is 0 Å². The third-order valence-corrected chi connectivity index (χ3v) is 21.1. The van der Waals surface area contributed by atoms with Crippen LogP contribution in [-0.4, -0.2) is 232 Å². The highest BCUT2D eigenvalue weighted by Gasteiger charge is 2.73. The molecule has 0 amide bonds. The van der Waals surface area contributed by atoms with E-state index in [9.17, 15) is 76.3 Å². The first-order valence-corrected chi connectivity index (χ1v) is 27.4. The molecule has 4 aliphatic heterocycles. The summed E-state index contributed by atoms with van der Waals surface area (Å²) in [7, 11) is 0. The van der Waals surface area contributed by atoms with Gasteiger partial charge in [0.15, 0.2) is 25.0 Å². The van der Waals surface area contributed by atoms with E-state index in [0.29, 0.717) is 51.4 Å². The maximum atomic E-state index is 15.2. The van der Waals surface area contributed by atoms with E-state index < -0.39 is 194 Å². The van der Waals surface area contributed by atoms with Gasteiger partial charge in [0.05, 0.1) is 42.9 Å². The Morgan fingerprint density at radius 1 is 0.610 bits per heavy atom. The molecule has 0 unspecified atom stereocenters. The zero-order valence-corrected chi connectivity index (χ0v) is 44.8. The molecular formula is C53H84O24. The summed E-state index contributed by atoms with van der Waals surface area (Å²) in [5, 5.41) is 152. The third-order valence-electron chi connectivity index (χ3n) is 21.1. The zero-order valence-electron chi connectivity index (χ0n) is 44.8. The van der Waals surface area contributed by atoms with Crippen LogP contribution < -0.4 is 0 Å². The molecule has 4 saturated heterocycles. The van der Waals surface area contributed by atoms with Gasteiger partial charge in [-0.2, -0.15) is 0 Å². The van der Waals surface area contributed by atoms with Crippen LogP contribution >= 0.6 is 0 Å². The molecule has 14 N–H and O–H groups in total. The van der Waals surface area contributed by atoms with Gasteiger partial charge in [-0.05, 0) is 111 Å². The number of aliphatic hydroxyl groups is 13. The van der Waals surface area contributed by atoms with Gasteiger partial charge in [-0.3, -0.25) is 9.59 Å². The summed E-state index contributed by atoms with van der Waals surface area (Å²) in [6.07, 6.45) is -28.1. The number of carbonyl (C=O) groups excluding carboxylic acids is 1. The first-order valence-electron chi connectivity index (χ1n) is 27.4. The monoisotopic (exact) mass is 1100 g/mol. The van der Waals surface area contributed by atoms with E-state index in [4.69, 9.17) is 37.9 Å². The first-order chi connectivity index (χ1) is 36.0. The van der Waals surface area contributed by atoms with Gasteiger partial charge in [0.25, 0.3) is 0 Å². The number of fused-ring (bicyclic) bond motifs is 7. The summed E-state index contributed by atoms with van der Waals surface area (Å²) in [5.41, 5.74) is -3.95. The summed E-state index contributed by atoms with van der Waals surface area (Å²) < 4.78 is 47.1. The number of carboxylic acid groups (broad SMARTS) is 1. The fraction of sp³-hybridized carbons (Fsp3) is 0.925. The van der Waals surface area contributed by atoms with E-state index >= 15 is 4.79 Å². The Morgan fingerprint density at radius 2 is 1.19 bits per heavy atom. The molecule has 9 aliphatic rings. The predicted octanol–water partition coefficient (Wildman–Crippen LogP) is -2.33. The normalized spacial score (nSPS) is 54.6. The van der Waals surface area contributed by atoms with Crippen molar-refractivity contribution < 1.29 is 119 Å². The fourth-order valence-electron chi connectivity index (χ4n) is 16.2. The molecule has 24 heteroatoms. The SMILES string of the molecule is C[C@@H]1O[C@@H](O[C@H]2[C@H](OC(=O)[C@]34CCC(C)(C)C[C@H]3C3=CC[C@@H]5[C@@]6(C)C[C@H](O)[C@H](O[C@@H]7O[C@H](CO)[C@@H](O)[C@H](O[C@@H]8O[C@H](CO)[C@@H](O)[C@H](O)[C@H]8O)[C@H]7O)[C@@](C)(C(=O)O)[C@@H]6CC[C@@]5(C)[C@]3(C)CC4)OC[C@H](O)[C@@H]2O)[C@H](O)[C@H](O)[C@H]1O. The third kappa shape index (κ3) is 9.46. The van der Waals surface area contributed by atoms with E-state index in [0.717, 1.165) is 5.57 Å². The lowest BCUT2D eigenvalue weighted by Crippen LogP contribution is -2.70. The Balaban J connectivity index is 0.976. The molecular weight excluding hydrogens is 1020 g/mol. The van der Waals surface area contributed by atoms with Crippen LogP contribution in [0, 0.1) is 50.2 Å². The standard InChI is InChI=1S/C53H84O24/c1-21-30(58)34(62)36(64)42(71-21)75-40-31(59)25(57)20-70-45(40)77-47(69)53-14-12-48(2,3)16-23(53)22-8-9-28-49(4)17-24(56)41(52(7,46(67)68)29(49)10-11-51(28,6)50(22,5)13-15-53)76-44-38(66)39(33(61)27(19-55)73-44)74-43-37(65)35(63)32(60)26(18-54)72-43/h8,21,23-45,54-66H,9-20H2,1-7H3,(H,67,68)/t21-,23-,24-,25-,26+,27+,28+,29+,30-,31-,32+,33+,34+,35-,36+,37+,38+,39-,40+,41-,42-,43-,44-,45-,49+,50+,51+,52-,53-/m0/s1. The molecule has 440 valence electrons. The highest BCUT2D eigenvalue weighted by molar-refractivity contribution is 5.79. The second kappa shape index (κ2) is 21.3. The Bertz CT molecular complexity index is 2180. The second-order valence-electron chi connectivity index (χ2n) is 25.7. The number of allylic oxidation sites excluding steroid dienone is 2. The van der Waals surface area contributed by atoms with Gasteiger partial charge in [-0.25, -0.2) is 0 Å². The van der Waals surface area contributed by atoms with Crippen molar-refractivity contribution >= 4 is 11.9 Å². The summed E-state index contributed by atoms with van der Waals surface area (Å²) in [6, 6.07) is 0. The van der Waals surface area contributed by atoms with Crippen LogP contribution in [0.5, 0.6) is 0 Å². The number of esters is 1. The maximum absolute atomic E-state index is 15.2. The summed E-state index contributed by atoms with van der Waals surface area (Å²) in [4.78, 5) is 29.1. The van der Waals surface area contributed by atoms with Crippen molar-refractivity contribution in [3.8, 4) is 0 Å². The number of hydrogen-bond donors (Lipinski definition) is 14. The Kier molecular flexibility index (Phi) is 16.4. The summed E-state index contributed by atoms with van der Waals surface area (Å²) in [6.45, 7) is 11.7. The van der Waals surface area contributed by atoms with Crippen molar-refractivity contribution in [2.75, 3.05) is 19.8 Å². The minimum Gasteiger partial charge on any atom is -0.481 e. The number of hydrogen-bond acceptors (Lipinski definition) is 23. The van der Waals surface area contributed by atoms with Crippen molar-refractivity contribution in [1.29, 1.82) is 0 Å². The lowest BCUT2D eigenvalue weighted by atomic mass is 9.33. The smallest absolute Gasteiger partial charge is 0.315 e. The van der Waals surface area contributed by atoms with Gasteiger partial charge in [0, 0.05) is 0 Å². The van der Waals surface area contributed by atoms with Crippen molar-refractivity contribution in [2.45, 2.75) is 235 Å². The molecule has 4 heterocycles. The van der Waals surface area contributed by atoms with Gasteiger partial charge in [-0.1, -0.05) is 46.3 Å². The van der Waals surface area contributed by atoms with E-state index in [2.05, 4.69) is 33.8 Å². The topological polar surface area (TPSA) is 391 Å². The molecule has 5 aliphatic carbocycles. The number of ether oxygens (including phenoxy) is 8. The van der Waals surface area contributed by atoms with E-state index in [-0.39, 0.29) is 23.7 Å². The first kappa shape index (κ1) is 59.5. The van der Waals surface area contributed by atoms with Gasteiger partial charge in [-0.15, -0.1) is 0 Å². The minimum atomic E-state index is -1.97. The number of aliphatic hydroxyl groups excluding tert-OH is 13. The second-order valence-corrected chi connectivity index (χ2v) is 25.7. The Hall–Kier alpha value is -2.12. The van der Waals surface area contributed by atoms with E-state index in [1.54, 1.807) is 0 Å². The molecule has 4 saturated carbocycles. The van der Waals surface area contributed by atoms with Crippen LogP contribution in [0.25, 0.3) is 0 Å². The molecule has 0 aromatic rings. The van der Waals surface area contributed by atoms with Crippen LogP contribution in [-0.2, 0) is 47.5 Å². The molecule has 0 radical (unpaired) electrons. The molecule has 0 aromatic heterocycles. The zero-order chi connectivity index (χ0) is 56.4. The van der Waals surface area contributed by atoms with Gasteiger partial charge < -0.3 is 109 Å². The van der Waals surface area contributed by atoms with Gasteiger partial charge in [0.2, 0.25) is 6.29 Å². The molecule has 0 aromatic carbocycles. The highest BCUT2D eigenvalue weighted by Crippen LogP contribution is 2.76. The molecule has 0 bridgehead atoms. The minimum absolute atomic E-state index is 0.0592. The Labute approximate surface area is 446 Å². The van der Waals surface area contributed by atoms with Crippen molar-refractivity contribution in [3.63, 3.8) is 0 Å². The van der Waals surface area contributed by atoms with E-state index in [1.807, 2.05) is 6.92 Å². The molecule has 77 heavy (non-hydrogen) atoms. The van der Waals surface area contributed by atoms with Gasteiger partial charge in [0.1, 0.15) is 85.5 Å². The highest BCUT2D eigenvalue weighted by atomic mass is 16.8. The molecule has 8 fully saturated rings. The molecule has 0 spiro atoms. The molecule has 24 nitrogen and oxygen atoms in total. The lowest BCUT2D eigenvalue weighted by molar-refractivity contribution is -0.373. The average molecular weight is 1110 g/mol. The van der Waals surface area contributed by atoms with Crippen LogP contribution in [0.1, 0.15) is 106 Å². The van der Waals surface area contributed by atoms with Crippen molar-refractivity contribution in [2.24, 2.45) is 50.2 Å². The molecule has 29 atom stereocenters. The quantitative estimate of drug-likeness (QED) is 0.0586.